The van der Waals surface area contributed by atoms with E-state index in [4.69, 9.17) is 11.6 Å². The van der Waals surface area contributed by atoms with E-state index in [1.807, 2.05) is 4.72 Å². The molecule has 0 saturated heterocycles. The van der Waals surface area contributed by atoms with Gasteiger partial charge in [0.2, 0.25) is 0 Å². The summed E-state index contributed by atoms with van der Waals surface area (Å²) in [5, 5.41) is 20.5. The van der Waals surface area contributed by atoms with Crippen LogP contribution in [0.1, 0.15) is 0 Å². The summed E-state index contributed by atoms with van der Waals surface area (Å²) in [6, 6.07) is 9.07. The monoisotopic (exact) mass is 328 g/mol. The first-order chi connectivity index (χ1) is 9.83. The molecule has 0 aliphatic rings. The molecule has 0 aliphatic carbocycles. The molecule has 9 heteroatoms. The number of anilines is 1. The molecule has 0 amide bonds. The van der Waals surface area contributed by atoms with Crippen LogP contribution in [0.3, 0.4) is 0 Å². The van der Waals surface area contributed by atoms with Crippen LogP contribution in [0, 0.1) is 10.1 Å². The van der Waals surface area contributed by atoms with Gasteiger partial charge in [-0.3, -0.25) is 14.8 Å². The van der Waals surface area contributed by atoms with Crippen molar-refractivity contribution < 1.29 is 18.4 Å². The molecule has 21 heavy (non-hydrogen) atoms. The number of rotatable bonds is 4. The number of nitro benzene ring substituents is 1. The van der Waals surface area contributed by atoms with Crippen LogP contribution in [0.2, 0.25) is 5.02 Å². The number of phenolic OH excluding ortho intramolecular Hbond substituents is 1. The van der Waals surface area contributed by atoms with E-state index in [0.29, 0.717) is 0 Å². The highest BCUT2D eigenvalue weighted by Crippen LogP contribution is 2.35. The van der Waals surface area contributed by atoms with Gasteiger partial charge in [-0.1, -0.05) is 29.8 Å². The fourth-order valence-corrected chi connectivity index (χ4v) is 3.25. The maximum absolute atomic E-state index is 12.2. The van der Waals surface area contributed by atoms with Crippen molar-refractivity contribution in [2.75, 3.05) is 4.72 Å². The molecule has 0 saturated carbocycles. The Morgan fingerprint density at radius 2 is 1.81 bits per heavy atom. The molecule has 0 bridgehead atoms. The Balaban J connectivity index is 2.52. The van der Waals surface area contributed by atoms with Gasteiger partial charge in [0.05, 0.1) is 9.95 Å². The first kappa shape index (κ1) is 15.1. The van der Waals surface area contributed by atoms with Crippen LogP contribution in [-0.4, -0.2) is 18.4 Å². The molecule has 2 rings (SSSR count). The Labute approximate surface area is 125 Å². The number of nitrogens with zero attached hydrogens (tertiary/aromatic N) is 1. The molecule has 7 nitrogen and oxygen atoms in total. The standard InChI is InChI=1S/C12H9ClN2O5S/c13-8-4-1-2-7-11(8)21(19,20)14-12-9(15(17)18)5-3-6-10(12)16/h1-7,14,16H. The minimum atomic E-state index is -4.17. The first-order valence-electron chi connectivity index (χ1n) is 5.56. The molecule has 0 fully saturated rings. The maximum Gasteiger partial charge on any atom is 0.297 e. The van der Waals surface area contributed by atoms with Crippen molar-refractivity contribution in [2.45, 2.75) is 4.90 Å². The number of halogens is 1. The van der Waals surface area contributed by atoms with E-state index in [0.717, 1.165) is 12.1 Å². The van der Waals surface area contributed by atoms with Crippen LogP contribution in [0.5, 0.6) is 5.75 Å². The average Bonchev–Trinajstić information content (AvgIpc) is 2.41. The Bertz CT molecular complexity index is 807. The summed E-state index contributed by atoms with van der Waals surface area (Å²) >= 11 is 5.80. The lowest BCUT2D eigenvalue weighted by molar-refractivity contribution is -0.383. The largest absolute Gasteiger partial charge is 0.505 e. The van der Waals surface area contributed by atoms with E-state index in [9.17, 15) is 23.6 Å². The summed E-state index contributed by atoms with van der Waals surface area (Å²) in [5.41, 5.74) is -1.08. The molecule has 0 spiro atoms. The number of sulfonamides is 1. The molecule has 0 atom stereocenters. The molecule has 0 radical (unpaired) electrons. The molecular weight excluding hydrogens is 320 g/mol. The molecule has 2 aromatic carbocycles. The summed E-state index contributed by atoms with van der Waals surface area (Å²) in [5.74, 6) is -0.556. The van der Waals surface area contributed by atoms with Gasteiger partial charge >= 0.3 is 0 Å². The third-order valence-electron chi connectivity index (χ3n) is 2.58. The number of hydrogen-bond acceptors (Lipinski definition) is 5. The first-order valence-corrected chi connectivity index (χ1v) is 7.43. The number of nitrogens with one attached hydrogen (secondary N) is 1. The number of phenols is 1. The minimum absolute atomic E-state index is 0.0388. The maximum atomic E-state index is 12.2. The van der Waals surface area contributed by atoms with Crippen molar-refractivity contribution in [3.8, 4) is 5.75 Å². The molecule has 0 aliphatic heterocycles. The van der Waals surface area contributed by atoms with Crippen molar-refractivity contribution >= 4 is 33.0 Å². The smallest absolute Gasteiger partial charge is 0.297 e. The highest BCUT2D eigenvalue weighted by atomic mass is 35.5. The lowest BCUT2D eigenvalue weighted by Gasteiger charge is -2.10. The van der Waals surface area contributed by atoms with Gasteiger partial charge in [0.15, 0.2) is 5.69 Å². The zero-order valence-corrected chi connectivity index (χ0v) is 11.9. The predicted octanol–water partition coefficient (Wildman–Crippen LogP) is 2.75. The van der Waals surface area contributed by atoms with Crippen molar-refractivity contribution in [1.82, 2.24) is 0 Å². The molecule has 2 aromatic rings. The third-order valence-corrected chi connectivity index (χ3v) is 4.43. The van der Waals surface area contributed by atoms with Crippen molar-refractivity contribution in [3.63, 3.8) is 0 Å². The number of nitro groups is 1. The van der Waals surface area contributed by atoms with E-state index >= 15 is 0 Å². The highest BCUT2D eigenvalue weighted by Gasteiger charge is 2.25. The SMILES string of the molecule is O=[N+]([O-])c1cccc(O)c1NS(=O)(=O)c1ccccc1Cl. The van der Waals surface area contributed by atoms with Gasteiger partial charge in [-0.25, -0.2) is 8.42 Å². The highest BCUT2D eigenvalue weighted by molar-refractivity contribution is 7.92. The summed E-state index contributed by atoms with van der Waals surface area (Å²) in [4.78, 5) is 9.85. The second-order valence-electron chi connectivity index (χ2n) is 3.96. The van der Waals surface area contributed by atoms with Crippen molar-refractivity contribution in [3.05, 3.63) is 57.6 Å². The number of hydrogen-bond donors (Lipinski definition) is 2. The molecule has 110 valence electrons. The van der Waals surface area contributed by atoms with Crippen LogP contribution >= 0.6 is 11.6 Å². The Morgan fingerprint density at radius 3 is 2.43 bits per heavy atom. The van der Waals surface area contributed by atoms with E-state index in [-0.39, 0.29) is 9.92 Å². The fraction of sp³-hybridized carbons (Fsp3) is 0. The zero-order chi connectivity index (χ0) is 15.6. The van der Waals surface area contributed by atoms with Gasteiger partial charge in [0.25, 0.3) is 15.7 Å². The topological polar surface area (TPSA) is 110 Å². The van der Waals surface area contributed by atoms with Crippen molar-refractivity contribution in [2.24, 2.45) is 0 Å². The molecule has 0 aromatic heterocycles. The van der Waals surface area contributed by atoms with Crippen LogP contribution in [0.25, 0.3) is 0 Å². The summed E-state index contributed by atoms with van der Waals surface area (Å²) < 4.78 is 26.4. The Kier molecular flexibility index (Phi) is 4.01. The summed E-state index contributed by atoms with van der Waals surface area (Å²) in [6.45, 7) is 0. The van der Waals surface area contributed by atoms with Gasteiger partial charge in [-0.05, 0) is 18.2 Å². The summed E-state index contributed by atoms with van der Waals surface area (Å²) in [6.07, 6.45) is 0. The molecule has 0 heterocycles. The van der Waals surface area contributed by atoms with Gasteiger partial charge in [0.1, 0.15) is 10.6 Å². The second-order valence-corrected chi connectivity index (χ2v) is 6.02. The number of benzene rings is 2. The summed E-state index contributed by atoms with van der Waals surface area (Å²) in [7, 11) is -4.17. The number of para-hydroxylation sites is 1. The van der Waals surface area contributed by atoms with E-state index in [2.05, 4.69) is 0 Å². The van der Waals surface area contributed by atoms with Crippen molar-refractivity contribution in [1.29, 1.82) is 0 Å². The second kappa shape index (κ2) is 5.58. The van der Waals surface area contributed by atoms with Crippen LogP contribution < -0.4 is 4.72 Å². The van der Waals surface area contributed by atoms with Gasteiger partial charge in [0, 0.05) is 6.07 Å². The number of aromatic hydroxyl groups is 1. The minimum Gasteiger partial charge on any atom is -0.505 e. The normalized spacial score (nSPS) is 11.1. The third kappa shape index (κ3) is 3.06. The Morgan fingerprint density at radius 1 is 1.14 bits per heavy atom. The lowest BCUT2D eigenvalue weighted by Crippen LogP contribution is -2.14. The molecular formula is C12H9ClN2O5S. The van der Waals surface area contributed by atoms with Gasteiger partial charge < -0.3 is 5.11 Å². The molecule has 2 N–H and O–H groups in total. The van der Waals surface area contributed by atoms with Gasteiger partial charge in [-0.15, -0.1) is 0 Å². The van der Waals surface area contributed by atoms with Crippen LogP contribution in [-0.2, 0) is 10.0 Å². The van der Waals surface area contributed by atoms with E-state index < -0.39 is 32.1 Å². The zero-order valence-electron chi connectivity index (χ0n) is 10.4. The van der Waals surface area contributed by atoms with Gasteiger partial charge in [-0.2, -0.15) is 0 Å². The average molecular weight is 329 g/mol. The molecule has 0 unspecified atom stereocenters. The van der Waals surface area contributed by atoms with E-state index in [1.165, 1.54) is 24.3 Å². The van der Waals surface area contributed by atoms with Crippen LogP contribution in [0.15, 0.2) is 47.4 Å². The van der Waals surface area contributed by atoms with E-state index in [1.54, 1.807) is 6.07 Å². The Hall–Kier alpha value is -2.32. The quantitative estimate of drug-likeness (QED) is 0.509. The fourth-order valence-electron chi connectivity index (χ4n) is 1.64. The predicted molar refractivity (Wildman–Crippen MR) is 77.0 cm³/mol. The van der Waals surface area contributed by atoms with Crippen LogP contribution in [0.4, 0.5) is 11.4 Å². The lowest BCUT2D eigenvalue weighted by atomic mass is 10.2.